The number of imidazole rings is 1. The van der Waals surface area contributed by atoms with Crippen LogP contribution >= 0.6 is 0 Å². The van der Waals surface area contributed by atoms with Crippen LogP contribution in [0, 0.1) is 26.7 Å². The normalized spacial score (nSPS) is 10.6. The van der Waals surface area contributed by atoms with E-state index in [1.165, 1.54) is 22.4 Å². The second-order valence-corrected chi connectivity index (χ2v) is 5.66. The molecule has 0 bridgehead atoms. The summed E-state index contributed by atoms with van der Waals surface area (Å²) in [6, 6.07) is 4.49. The predicted molar refractivity (Wildman–Crippen MR) is 75.0 cm³/mol. The molecule has 0 aliphatic heterocycles. The van der Waals surface area contributed by atoms with Gasteiger partial charge in [0.1, 0.15) is 18.1 Å². The molecule has 1 aromatic carbocycles. The lowest BCUT2D eigenvalue weighted by molar-refractivity contribution is -0.701. The second-order valence-electron chi connectivity index (χ2n) is 5.66. The van der Waals surface area contributed by atoms with E-state index in [0.29, 0.717) is 5.92 Å². The van der Waals surface area contributed by atoms with Gasteiger partial charge >= 0.3 is 0 Å². The van der Waals surface area contributed by atoms with Gasteiger partial charge in [0.15, 0.2) is 0 Å². The third-order valence-electron chi connectivity index (χ3n) is 3.16. The van der Waals surface area contributed by atoms with Crippen molar-refractivity contribution in [3.8, 4) is 5.69 Å². The fraction of sp³-hybridized carbons (Fsp3) is 0.438. The lowest BCUT2D eigenvalue weighted by Crippen LogP contribution is -3.00. The predicted octanol–water partition coefficient (Wildman–Crippen LogP) is 0.350. The molecular weight excluding hydrogens is 300 g/mol. The van der Waals surface area contributed by atoms with Crippen LogP contribution in [0.5, 0.6) is 0 Å². The highest BCUT2D eigenvalue weighted by Crippen LogP contribution is 2.20. The summed E-state index contributed by atoms with van der Waals surface area (Å²) in [5, 5.41) is 0. The van der Waals surface area contributed by atoms with Crippen LogP contribution in [0.4, 0.5) is 0 Å². The number of aryl methyl sites for hydroxylation is 3. The maximum absolute atomic E-state index is 2.25. The zero-order valence-corrected chi connectivity index (χ0v) is 14.0. The molecule has 0 fully saturated rings. The summed E-state index contributed by atoms with van der Waals surface area (Å²) >= 11 is 0. The van der Waals surface area contributed by atoms with E-state index in [1.807, 2.05) is 0 Å². The summed E-state index contributed by atoms with van der Waals surface area (Å²) in [7, 11) is 0. The molecule has 0 amide bonds. The molecule has 0 atom stereocenters. The summed E-state index contributed by atoms with van der Waals surface area (Å²) in [4.78, 5) is 0. The standard InChI is InChI=1S/C16H23N2.BrH/c1-12(2)10-17-6-7-18(11-17)16-14(4)8-13(3)9-15(16)5;/h6-9,11-12H,10H2,1-5H3;1H/q+1;/p-1. The van der Waals surface area contributed by atoms with E-state index in [9.17, 15) is 0 Å². The van der Waals surface area contributed by atoms with Crippen molar-refractivity contribution in [1.29, 1.82) is 0 Å². The highest BCUT2D eigenvalue weighted by Gasteiger charge is 2.13. The molecule has 19 heavy (non-hydrogen) atoms. The molecule has 2 rings (SSSR count). The molecule has 0 unspecified atom stereocenters. The summed E-state index contributed by atoms with van der Waals surface area (Å²) in [6.07, 6.45) is 6.48. The Morgan fingerprint density at radius 2 is 1.68 bits per heavy atom. The third kappa shape index (κ3) is 3.69. The molecule has 2 nitrogen and oxygen atoms in total. The Hall–Kier alpha value is -1.09. The summed E-state index contributed by atoms with van der Waals surface area (Å²) < 4.78 is 4.48. The van der Waals surface area contributed by atoms with Gasteiger partial charge in [0, 0.05) is 0 Å². The smallest absolute Gasteiger partial charge is 0.248 e. The van der Waals surface area contributed by atoms with E-state index in [-0.39, 0.29) is 17.0 Å². The number of benzene rings is 1. The fourth-order valence-electron chi connectivity index (χ4n) is 2.64. The van der Waals surface area contributed by atoms with Gasteiger partial charge in [-0.25, -0.2) is 9.13 Å². The van der Waals surface area contributed by atoms with Crippen LogP contribution < -0.4 is 21.5 Å². The van der Waals surface area contributed by atoms with Crippen molar-refractivity contribution >= 4 is 0 Å². The molecular formula is C16H23BrN2. The van der Waals surface area contributed by atoms with E-state index in [1.54, 1.807) is 0 Å². The first-order valence-corrected chi connectivity index (χ1v) is 6.62. The zero-order chi connectivity index (χ0) is 13.3. The molecule has 0 saturated heterocycles. The molecule has 0 aliphatic carbocycles. The number of halogens is 1. The molecule has 0 spiro atoms. The summed E-state index contributed by atoms with van der Waals surface area (Å²) in [5.41, 5.74) is 5.30. The minimum atomic E-state index is 0. The van der Waals surface area contributed by atoms with E-state index in [2.05, 4.69) is 74.6 Å². The average molecular weight is 323 g/mol. The fourth-order valence-corrected chi connectivity index (χ4v) is 2.64. The first-order chi connectivity index (χ1) is 8.47. The number of aromatic nitrogens is 2. The Balaban J connectivity index is 0.00000180. The Labute approximate surface area is 126 Å². The van der Waals surface area contributed by atoms with Crippen LogP contribution in [-0.4, -0.2) is 4.57 Å². The molecule has 0 radical (unpaired) electrons. The molecule has 1 aromatic heterocycles. The van der Waals surface area contributed by atoms with E-state index in [4.69, 9.17) is 0 Å². The Morgan fingerprint density at radius 3 is 2.21 bits per heavy atom. The molecule has 0 saturated carbocycles. The highest BCUT2D eigenvalue weighted by atomic mass is 79.9. The molecule has 1 heterocycles. The van der Waals surface area contributed by atoms with Crippen molar-refractivity contribution in [3.63, 3.8) is 0 Å². The Kier molecular flexibility index (Phi) is 5.36. The van der Waals surface area contributed by atoms with Crippen molar-refractivity contribution in [2.75, 3.05) is 0 Å². The number of rotatable bonds is 3. The van der Waals surface area contributed by atoms with Gasteiger partial charge in [-0.05, 0) is 37.8 Å². The van der Waals surface area contributed by atoms with Gasteiger partial charge in [0.05, 0.1) is 6.54 Å². The molecule has 2 aromatic rings. The quantitative estimate of drug-likeness (QED) is 0.721. The van der Waals surface area contributed by atoms with Crippen LogP contribution in [0.25, 0.3) is 5.69 Å². The topological polar surface area (TPSA) is 8.81 Å². The van der Waals surface area contributed by atoms with Gasteiger partial charge in [-0.1, -0.05) is 31.5 Å². The molecule has 104 valence electrons. The number of hydrogen-bond donors (Lipinski definition) is 0. The second kappa shape index (κ2) is 6.38. The van der Waals surface area contributed by atoms with Crippen molar-refractivity contribution in [1.82, 2.24) is 4.57 Å². The van der Waals surface area contributed by atoms with Crippen LogP contribution in [0.1, 0.15) is 30.5 Å². The summed E-state index contributed by atoms with van der Waals surface area (Å²) in [5.74, 6) is 0.672. The van der Waals surface area contributed by atoms with Gasteiger partial charge in [-0.15, -0.1) is 0 Å². The van der Waals surface area contributed by atoms with Crippen molar-refractivity contribution in [2.24, 2.45) is 5.92 Å². The number of nitrogens with zero attached hydrogens (tertiary/aromatic N) is 2. The molecule has 3 heteroatoms. The first-order valence-electron chi connectivity index (χ1n) is 6.62. The minimum absolute atomic E-state index is 0. The number of hydrogen-bond acceptors (Lipinski definition) is 0. The third-order valence-corrected chi connectivity index (χ3v) is 3.16. The van der Waals surface area contributed by atoms with Crippen LogP contribution in [0.2, 0.25) is 0 Å². The lowest BCUT2D eigenvalue weighted by Gasteiger charge is -2.07. The lowest BCUT2D eigenvalue weighted by atomic mass is 10.1. The van der Waals surface area contributed by atoms with Crippen molar-refractivity contribution in [3.05, 3.63) is 47.5 Å². The monoisotopic (exact) mass is 322 g/mol. The highest BCUT2D eigenvalue weighted by molar-refractivity contribution is 5.48. The zero-order valence-electron chi connectivity index (χ0n) is 12.4. The maximum Gasteiger partial charge on any atom is 0.248 e. The van der Waals surface area contributed by atoms with Gasteiger partial charge in [-0.2, -0.15) is 0 Å². The summed E-state index contributed by atoms with van der Waals surface area (Å²) in [6.45, 7) is 12.1. The van der Waals surface area contributed by atoms with E-state index < -0.39 is 0 Å². The van der Waals surface area contributed by atoms with Gasteiger partial charge in [0.2, 0.25) is 6.33 Å². The SMILES string of the molecule is Cc1cc(C)c(-n2cc[n+](CC(C)C)c2)c(C)c1.[Br-]. The largest absolute Gasteiger partial charge is 1.00 e. The maximum atomic E-state index is 2.25. The Morgan fingerprint density at radius 1 is 1.11 bits per heavy atom. The van der Waals surface area contributed by atoms with E-state index in [0.717, 1.165) is 6.54 Å². The van der Waals surface area contributed by atoms with Crippen LogP contribution in [-0.2, 0) is 6.54 Å². The first kappa shape index (κ1) is 16.0. The average Bonchev–Trinajstić information content (AvgIpc) is 2.63. The van der Waals surface area contributed by atoms with Gasteiger partial charge < -0.3 is 17.0 Å². The molecule has 0 aliphatic rings. The van der Waals surface area contributed by atoms with Gasteiger partial charge in [0.25, 0.3) is 0 Å². The van der Waals surface area contributed by atoms with E-state index >= 15 is 0 Å². The Bertz CT molecular complexity index is 533. The van der Waals surface area contributed by atoms with Crippen LogP contribution in [0.3, 0.4) is 0 Å². The van der Waals surface area contributed by atoms with Crippen molar-refractivity contribution in [2.45, 2.75) is 41.2 Å². The van der Waals surface area contributed by atoms with Crippen LogP contribution in [0.15, 0.2) is 30.9 Å². The van der Waals surface area contributed by atoms with Gasteiger partial charge in [-0.3, -0.25) is 0 Å². The van der Waals surface area contributed by atoms with Crippen molar-refractivity contribution < 1.29 is 21.5 Å². The molecule has 0 N–H and O–H groups in total. The minimum Gasteiger partial charge on any atom is -1.00 e.